The summed E-state index contributed by atoms with van der Waals surface area (Å²) in [5, 5.41) is 0. The van der Waals surface area contributed by atoms with Gasteiger partial charge in [0, 0.05) is 6.04 Å². The summed E-state index contributed by atoms with van der Waals surface area (Å²) in [6.45, 7) is 1.24. The van der Waals surface area contributed by atoms with Crippen LogP contribution < -0.4 is 5.73 Å². The Morgan fingerprint density at radius 3 is 2.67 bits per heavy atom. The van der Waals surface area contributed by atoms with Crippen molar-refractivity contribution in [2.45, 2.75) is 76.2 Å². The fraction of sp³-hybridized carbons (Fsp3) is 0.727. The summed E-state index contributed by atoms with van der Waals surface area (Å²) in [5.41, 5.74) is 10.9. The van der Waals surface area contributed by atoms with E-state index in [-0.39, 0.29) is 0 Å². The first-order valence-corrected chi connectivity index (χ1v) is 10.1. The first-order valence-electron chi connectivity index (χ1n) is 10.1. The van der Waals surface area contributed by atoms with Gasteiger partial charge in [-0.25, -0.2) is 0 Å². The van der Waals surface area contributed by atoms with Crippen LogP contribution in [0.25, 0.3) is 0 Å². The van der Waals surface area contributed by atoms with Gasteiger partial charge in [-0.1, -0.05) is 37.5 Å². The van der Waals surface area contributed by atoms with Gasteiger partial charge in [0.25, 0.3) is 0 Å². The Labute approximate surface area is 148 Å². The number of rotatable bonds is 7. The third kappa shape index (κ3) is 4.83. The maximum Gasteiger partial charge on any atom is 0.00448 e. The highest BCUT2D eigenvalue weighted by Gasteiger charge is 2.25. The molecule has 0 saturated heterocycles. The number of unbranched alkanes of at least 4 members (excludes halogenated alkanes) is 2. The molecule has 134 valence electrons. The molecule has 2 N–H and O–H groups in total. The summed E-state index contributed by atoms with van der Waals surface area (Å²) in [5.74, 6) is 1.64. The van der Waals surface area contributed by atoms with Gasteiger partial charge in [-0.15, -0.1) is 0 Å². The molecule has 0 radical (unpaired) electrons. The second-order valence-corrected chi connectivity index (χ2v) is 8.56. The summed E-state index contributed by atoms with van der Waals surface area (Å²) in [4.78, 5) is 2.30. The quantitative estimate of drug-likeness (QED) is 0.746. The van der Waals surface area contributed by atoms with Gasteiger partial charge in [0.1, 0.15) is 0 Å². The highest BCUT2D eigenvalue weighted by atomic mass is 15.0. The normalized spacial score (nSPS) is 26.8. The molecular weight excluding hydrogens is 292 g/mol. The van der Waals surface area contributed by atoms with E-state index >= 15 is 0 Å². The number of nitrogens with two attached hydrogens (primary N) is 1. The molecule has 2 heteroatoms. The van der Waals surface area contributed by atoms with Crippen LogP contribution in [0.1, 0.15) is 74.0 Å². The average molecular weight is 329 g/mol. The number of fused-ring (bicyclic) bond motifs is 1. The second kappa shape index (κ2) is 8.49. The van der Waals surface area contributed by atoms with E-state index in [0.717, 1.165) is 11.8 Å². The van der Waals surface area contributed by atoms with Crippen molar-refractivity contribution >= 4 is 0 Å². The lowest BCUT2D eigenvalue weighted by molar-refractivity contribution is 0.370. The third-order valence-corrected chi connectivity index (χ3v) is 6.22. The molecule has 1 aromatic carbocycles. The minimum atomic E-state index is 0.433. The van der Waals surface area contributed by atoms with Crippen molar-refractivity contribution in [3.63, 3.8) is 0 Å². The molecule has 1 fully saturated rings. The zero-order chi connectivity index (χ0) is 16.9. The minimum Gasteiger partial charge on any atom is -0.328 e. The summed E-state index contributed by atoms with van der Waals surface area (Å²) in [6.07, 6.45) is 13.3. The molecule has 0 amide bonds. The molecule has 1 saturated carbocycles. The maximum atomic E-state index is 6.10. The highest BCUT2D eigenvalue weighted by molar-refractivity contribution is 5.36. The van der Waals surface area contributed by atoms with Gasteiger partial charge in [-0.05, 0) is 94.1 Å². The van der Waals surface area contributed by atoms with Crippen molar-refractivity contribution in [3.8, 4) is 0 Å². The lowest BCUT2D eigenvalue weighted by Gasteiger charge is -2.26. The Morgan fingerprint density at radius 1 is 1.04 bits per heavy atom. The van der Waals surface area contributed by atoms with Crippen molar-refractivity contribution in [2.75, 3.05) is 20.6 Å². The van der Waals surface area contributed by atoms with Crippen molar-refractivity contribution in [1.29, 1.82) is 0 Å². The van der Waals surface area contributed by atoms with E-state index in [1.54, 1.807) is 16.7 Å². The maximum absolute atomic E-state index is 6.10. The minimum absolute atomic E-state index is 0.433. The molecule has 2 nitrogen and oxygen atoms in total. The number of aryl methyl sites for hydroxylation is 1. The fourth-order valence-corrected chi connectivity index (χ4v) is 4.71. The van der Waals surface area contributed by atoms with Crippen molar-refractivity contribution < 1.29 is 0 Å². The summed E-state index contributed by atoms with van der Waals surface area (Å²) in [7, 11) is 4.34. The number of benzene rings is 1. The Hall–Kier alpha value is -0.860. The molecule has 0 bridgehead atoms. The van der Waals surface area contributed by atoms with Crippen LogP contribution in [-0.4, -0.2) is 31.6 Å². The smallest absolute Gasteiger partial charge is 0.00448 e. The fourth-order valence-electron chi connectivity index (χ4n) is 4.71. The summed E-state index contributed by atoms with van der Waals surface area (Å²) in [6, 6.07) is 7.79. The van der Waals surface area contributed by atoms with E-state index < -0.39 is 0 Å². The molecule has 2 aliphatic rings. The molecule has 0 heterocycles. The molecule has 2 aliphatic carbocycles. The van der Waals surface area contributed by atoms with E-state index in [9.17, 15) is 0 Å². The van der Waals surface area contributed by atoms with Crippen LogP contribution in [0.3, 0.4) is 0 Å². The summed E-state index contributed by atoms with van der Waals surface area (Å²) >= 11 is 0. The lowest BCUT2D eigenvalue weighted by Crippen LogP contribution is -2.16. The van der Waals surface area contributed by atoms with Gasteiger partial charge in [-0.2, -0.15) is 0 Å². The predicted octanol–water partition coefficient (Wildman–Crippen LogP) is 4.51. The highest BCUT2D eigenvalue weighted by Crippen LogP contribution is 2.36. The van der Waals surface area contributed by atoms with Gasteiger partial charge in [0.15, 0.2) is 0 Å². The molecule has 3 unspecified atom stereocenters. The Bertz CT molecular complexity index is 523. The summed E-state index contributed by atoms with van der Waals surface area (Å²) < 4.78 is 0. The van der Waals surface area contributed by atoms with E-state index in [4.69, 9.17) is 5.73 Å². The van der Waals surface area contributed by atoms with Gasteiger partial charge >= 0.3 is 0 Å². The first kappa shape index (κ1) is 17.9. The number of hydrogen-bond acceptors (Lipinski definition) is 2. The first-order chi connectivity index (χ1) is 11.6. The number of hydrogen-bond donors (Lipinski definition) is 1. The van der Waals surface area contributed by atoms with Crippen molar-refractivity contribution in [2.24, 2.45) is 11.7 Å². The molecule has 0 spiro atoms. The Morgan fingerprint density at radius 2 is 1.92 bits per heavy atom. The zero-order valence-corrected chi connectivity index (χ0v) is 15.8. The molecule has 24 heavy (non-hydrogen) atoms. The molecule has 0 aromatic heterocycles. The Balaban J connectivity index is 1.48. The SMILES string of the molecule is CN(C)CCCCCC1CCc2cc(C3CCC(N)C3)ccc2C1. The van der Waals surface area contributed by atoms with Crippen LogP contribution >= 0.6 is 0 Å². The molecular formula is C22H36N2. The van der Waals surface area contributed by atoms with Crippen LogP contribution in [0.4, 0.5) is 0 Å². The van der Waals surface area contributed by atoms with Crippen LogP contribution in [0.15, 0.2) is 18.2 Å². The van der Waals surface area contributed by atoms with E-state index in [2.05, 4.69) is 37.2 Å². The van der Waals surface area contributed by atoms with Crippen LogP contribution in [0.2, 0.25) is 0 Å². The van der Waals surface area contributed by atoms with Crippen LogP contribution in [0.5, 0.6) is 0 Å². The van der Waals surface area contributed by atoms with Gasteiger partial charge in [0.05, 0.1) is 0 Å². The number of nitrogens with zero attached hydrogens (tertiary/aromatic N) is 1. The van der Waals surface area contributed by atoms with E-state index in [1.165, 1.54) is 70.8 Å². The van der Waals surface area contributed by atoms with E-state index in [0.29, 0.717) is 6.04 Å². The van der Waals surface area contributed by atoms with Gasteiger partial charge in [-0.3, -0.25) is 0 Å². The molecule has 3 atom stereocenters. The van der Waals surface area contributed by atoms with Crippen molar-refractivity contribution in [3.05, 3.63) is 34.9 Å². The largest absolute Gasteiger partial charge is 0.328 e. The van der Waals surface area contributed by atoms with Crippen LogP contribution in [0, 0.1) is 5.92 Å². The lowest BCUT2D eigenvalue weighted by atomic mass is 9.80. The standard InChI is InChI=1S/C22H36N2/c1-24(2)13-5-3-4-6-17-7-8-19-15-20(10-9-18(19)14-17)21-11-12-22(23)16-21/h9-10,15,17,21-22H,3-8,11-14,16,23H2,1-2H3. The Kier molecular flexibility index (Phi) is 6.35. The topological polar surface area (TPSA) is 29.3 Å². The second-order valence-electron chi connectivity index (χ2n) is 8.56. The van der Waals surface area contributed by atoms with E-state index in [1.807, 2.05) is 0 Å². The molecule has 1 aromatic rings. The van der Waals surface area contributed by atoms with Crippen LogP contribution in [-0.2, 0) is 12.8 Å². The monoisotopic (exact) mass is 328 g/mol. The van der Waals surface area contributed by atoms with Gasteiger partial charge in [0.2, 0.25) is 0 Å². The third-order valence-electron chi connectivity index (χ3n) is 6.22. The molecule has 0 aliphatic heterocycles. The molecule has 3 rings (SSSR count). The zero-order valence-electron chi connectivity index (χ0n) is 15.8. The van der Waals surface area contributed by atoms with Gasteiger partial charge < -0.3 is 10.6 Å². The predicted molar refractivity (Wildman–Crippen MR) is 104 cm³/mol. The average Bonchev–Trinajstić information content (AvgIpc) is 3.00. The van der Waals surface area contributed by atoms with Crippen molar-refractivity contribution in [1.82, 2.24) is 4.90 Å².